The Kier molecular flexibility index (Phi) is 4.55. The molecule has 2 aromatic heterocycles. The van der Waals surface area contributed by atoms with Gasteiger partial charge in [-0.15, -0.1) is 11.3 Å². The number of thiophene rings is 1. The molecule has 0 radical (unpaired) electrons. The van der Waals surface area contributed by atoms with E-state index in [1.165, 1.54) is 18.1 Å². The summed E-state index contributed by atoms with van der Waals surface area (Å²) in [5.74, 6) is 0.921. The zero-order valence-corrected chi connectivity index (χ0v) is 13.4. The first-order valence-corrected chi connectivity index (χ1v) is 8.37. The topological polar surface area (TPSA) is 64.1 Å². The van der Waals surface area contributed by atoms with E-state index in [0.29, 0.717) is 17.2 Å². The summed E-state index contributed by atoms with van der Waals surface area (Å²) in [7, 11) is 1.60. The van der Waals surface area contributed by atoms with E-state index < -0.39 is 0 Å². The van der Waals surface area contributed by atoms with Crippen molar-refractivity contribution in [3.05, 3.63) is 42.0 Å². The molecule has 1 amide bonds. The fourth-order valence-electron chi connectivity index (χ4n) is 1.90. The van der Waals surface area contributed by atoms with Crippen molar-refractivity contribution in [2.24, 2.45) is 0 Å². The summed E-state index contributed by atoms with van der Waals surface area (Å²) >= 11 is 2.99. The summed E-state index contributed by atoms with van der Waals surface area (Å²) in [4.78, 5) is 20.5. The van der Waals surface area contributed by atoms with Gasteiger partial charge in [0.25, 0.3) is 0 Å². The maximum absolute atomic E-state index is 12.0. The number of methoxy groups -OCH3 is 1. The molecule has 1 N–H and O–H groups in total. The first-order valence-electron chi connectivity index (χ1n) is 6.51. The minimum atomic E-state index is -0.0819. The van der Waals surface area contributed by atoms with E-state index in [9.17, 15) is 4.79 Å². The number of ether oxygens (including phenoxy) is 1. The molecule has 0 aliphatic heterocycles. The van der Waals surface area contributed by atoms with Gasteiger partial charge in [-0.2, -0.15) is 0 Å². The average molecular weight is 331 g/mol. The second-order valence-electron chi connectivity index (χ2n) is 4.38. The number of nitrogens with one attached hydrogen (secondary N) is 1. The van der Waals surface area contributed by atoms with E-state index in [0.717, 1.165) is 15.2 Å². The summed E-state index contributed by atoms with van der Waals surface area (Å²) in [5.41, 5.74) is 1.63. The second-order valence-corrected chi connectivity index (χ2v) is 6.26. The molecule has 3 rings (SSSR count). The number of hydrogen-bond acceptors (Lipinski definition) is 6. The van der Waals surface area contributed by atoms with Crippen molar-refractivity contribution >= 4 is 44.9 Å². The van der Waals surface area contributed by atoms with Crippen molar-refractivity contribution in [1.82, 2.24) is 9.97 Å². The van der Waals surface area contributed by atoms with Gasteiger partial charge in [-0.1, -0.05) is 17.8 Å². The number of amides is 1. The zero-order valence-electron chi connectivity index (χ0n) is 11.8. The van der Waals surface area contributed by atoms with Gasteiger partial charge in [-0.3, -0.25) is 4.79 Å². The Morgan fingerprint density at radius 1 is 1.36 bits per heavy atom. The maximum atomic E-state index is 12.0. The molecule has 0 bridgehead atoms. The highest BCUT2D eigenvalue weighted by atomic mass is 32.2. The van der Waals surface area contributed by atoms with Gasteiger partial charge in [-0.05, 0) is 23.6 Å². The second kappa shape index (κ2) is 6.76. The molecular weight excluding hydrogens is 318 g/mol. The lowest BCUT2D eigenvalue weighted by atomic mass is 10.3. The number of nitrogens with zero attached hydrogens (tertiary/aromatic N) is 2. The van der Waals surface area contributed by atoms with Crippen LogP contribution in [0, 0.1) is 0 Å². The summed E-state index contributed by atoms with van der Waals surface area (Å²) in [5, 5.41) is 5.66. The number of carbonyl (C=O) groups excluding carboxylic acids is 1. The van der Waals surface area contributed by atoms with Crippen LogP contribution in [0.4, 0.5) is 5.69 Å². The van der Waals surface area contributed by atoms with Gasteiger partial charge in [-0.25, -0.2) is 9.97 Å². The molecular formula is C15H13N3O2S2. The van der Waals surface area contributed by atoms with Gasteiger partial charge in [0.2, 0.25) is 5.91 Å². The lowest BCUT2D eigenvalue weighted by Gasteiger charge is -2.07. The molecule has 0 atom stereocenters. The molecule has 2 heterocycles. The molecule has 22 heavy (non-hydrogen) atoms. The molecule has 7 heteroatoms. The Balaban J connectivity index is 1.63. The van der Waals surface area contributed by atoms with Crippen LogP contribution in [0.3, 0.4) is 0 Å². The van der Waals surface area contributed by atoms with Crippen molar-refractivity contribution in [3.63, 3.8) is 0 Å². The van der Waals surface area contributed by atoms with Crippen LogP contribution < -0.4 is 10.1 Å². The molecule has 0 unspecified atom stereocenters. The van der Waals surface area contributed by atoms with Gasteiger partial charge in [0.15, 0.2) is 0 Å². The summed E-state index contributed by atoms with van der Waals surface area (Å²) in [6.45, 7) is 0. The van der Waals surface area contributed by atoms with Crippen LogP contribution in [0.2, 0.25) is 0 Å². The number of benzene rings is 1. The first-order chi connectivity index (χ1) is 10.8. The van der Waals surface area contributed by atoms with E-state index in [-0.39, 0.29) is 5.91 Å². The fourth-order valence-corrected chi connectivity index (χ4v) is 3.65. The molecule has 1 aromatic carbocycles. The van der Waals surface area contributed by atoms with Crippen molar-refractivity contribution in [2.45, 2.75) is 5.03 Å². The van der Waals surface area contributed by atoms with E-state index in [4.69, 9.17) is 4.74 Å². The number of thioether (sulfide) groups is 1. The quantitative estimate of drug-likeness (QED) is 0.573. The summed E-state index contributed by atoms with van der Waals surface area (Å²) in [6.07, 6.45) is 1.53. The van der Waals surface area contributed by atoms with Crippen LogP contribution in [0.25, 0.3) is 10.2 Å². The Morgan fingerprint density at radius 2 is 2.27 bits per heavy atom. The third kappa shape index (κ3) is 3.37. The molecule has 0 spiro atoms. The fraction of sp³-hybridized carbons (Fsp3) is 0.133. The van der Waals surface area contributed by atoms with Crippen LogP contribution in [0.15, 0.2) is 47.1 Å². The van der Waals surface area contributed by atoms with Gasteiger partial charge < -0.3 is 10.1 Å². The lowest BCUT2D eigenvalue weighted by molar-refractivity contribution is -0.113. The third-order valence-electron chi connectivity index (χ3n) is 2.90. The highest BCUT2D eigenvalue weighted by Crippen LogP contribution is 2.28. The number of anilines is 1. The van der Waals surface area contributed by atoms with Crippen LogP contribution in [0.1, 0.15) is 0 Å². The van der Waals surface area contributed by atoms with Crippen LogP contribution in [0.5, 0.6) is 5.75 Å². The number of hydrogen-bond donors (Lipinski definition) is 1. The van der Waals surface area contributed by atoms with E-state index in [1.54, 1.807) is 24.5 Å². The monoisotopic (exact) mass is 331 g/mol. The number of carbonyl (C=O) groups is 1. The Morgan fingerprint density at radius 3 is 3.14 bits per heavy atom. The average Bonchev–Trinajstić information content (AvgIpc) is 3.02. The van der Waals surface area contributed by atoms with E-state index in [2.05, 4.69) is 15.3 Å². The predicted octanol–water partition coefficient (Wildman–Crippen LogP) is 3.43. The molecule has 0 fully saturated rings. The minimum Gasteiger partial charge on any atom is -0.497 e. The highest BCUT2D eigenvalue weighted by molar-refractivity contribution is 8.00. The standard InChI is InChI=1S/C15H13N3O2S2/c1-20-11-4-2-3-10(7-11)18-13(19)8-22-15-14-12(5-6-21-14)16-9-17-15/h2-7,9H,8H2,1H3,(H,18,19). The van der Waals surface area contributed by atoms with Crippen LogP contribution in [-0.4, -0.2) is 28.7 Å². The lowest BCUT2D eigenvalue weighted by Crippen LogP contribution is -2.14. The van der Waals surface area contributed by atoms with Crippen molar-refractivity contribution in [1.29, 1.82) is 0 Å². The third-order valence-corrected chi connectivity index (χ3v) is 4.93. The molecule has 0 saturated heterocycles. The van der Waals surface area contributed by atoms with Crippen molar-refractivity contribution in [2.75, 3.05) is 18.2 Å². The van der Waals surface area contributed by atoms with Crippen molar-refractivity contribution < 1.29 is 9.53 Å². The number of aromatic nitrogens is 2. The predicted molar refractivity (Wildman–Crippen MR) is 89.8 cm³/mol. The number of rotatable bonds is 5. The van der Waals surface area contributed by atoms with Gasteiger partial charge in [0.05, 0.1) is 23.1 Å². The normalized spacial score (nSPS) is 10.6. The van der Waals surface area contributed by atoms with Crippen molar-refractivity contribution in [3.8, 4) is 5.75 Å². The molecule has 0 saturated carbocycles. The van der Waals surface area contributed by atoms with Gasteiger partial charge >= 0.3 is 0 Å². The van der Waals surface area contributed by atoms with Crippen LogP contribution >= 0.6 is 23.1 Å². The SMILES string of the molecule is COc1cccc(NC(=O)CSc2ncnc3ccsc23)c1. The molecule has 0 aliphatic rings. The Bertz CT molecular complexity index is 804. The molecule has 0 aliphatic carbocycles. The minimum absolute atomic E-state index is 0.0819. The summed E-state index contributed by atoms with van der Waals surface area (Å²) < 4.78 is 6.15. The maximum Gasteiger partial charge on any atom is 0.234 e. The van der Waals surface area contributed by atoms with E-state index >= 15 is 0 Å². The van der Waals surface area contributed by atoms with Gasteiger partial charge in [0.1, 0.15) is 17.1 Å². The van der Waals surface area contributed by atoms with Gasteiger partial charge in [0, 0.05) is 11.8 Å². The highest BCUT2D eigenvalue weighted by Gasteiger charge is 2.09. The molecule has 112 valence electrons. The summed E-state index contributed by atoms with van der Waals surface area (Å²) in [6, 6.07) is 9.22. The largest absolute Gasteiger partial charge is 0.497 e. The Hall–Kier alpha value is -2.12. The Labute approximate surface area is 135 Å². The van der Waals surface area contributed by atoms with Crippen LogP contribution in [-0.2, 0) is 4.79 Å². The van der Waals surface area contributed by atoms with E-state index in [1.807, 2.05) is 29.6 Å². The zero-order chi connectivity index (χ0) is 15.4. The molecule has 5 nitrogen and oxygen atoms in total. The first kappa shape index (κ1) is 14.8. The molecule has 3 aromatic rings. The smallest absolute Gasteiger partial charge is 0.234 e. The number of fused-ring (bicyclic) bond motifs is 1.